The first-order chi connectivity index (χ1) is 12.4. The zero-order valence-corrected chi connectivity index (χ0v) is 13.2. The smallest absolute Gasteiger partial charge is 0.416 e. The second-order valence-corrected chi connectivity index (χ2v) is 5.26. The summed E-state index contributed by atoms with van der Waals surface area (Å²) >= 11 is 0. The molecular weight excluding hydrogens is 349 g/mol. The molecule has 0 saturated heterocycles. The monoisotopic (exact) mass is 362 g/mol. The van der Waals surface area contributed by atoms with Crippen LogP contribution in [0.25, 0.3) is 0 Å². The van der Waals surface area contributed by atoms with Crippen LogP contribution in [0, 0.1) is 0 Å². The number of carbonyl (C=O) groups is 1. The summed E-state index contributed by atoms with van der Waals surface area (Å²) in [5.41, 5.74) is -0.373. The first kappa shape index (κ1) is 17.5. The number of benzene rings is 1. The number of rotatable bonds is 5. The number of hydrogen-bond acceptors (Lipinski definition) is 5. The Balaban J connectivity index is 1.59. The van der Waals surface area contributed by atoms with E-state index >= 15 is 0 Å². The molecule has 3 rings (SSSR count). The van der Waals surface area contributed by atoms with Gasteiger partial charge in [0.2, 0.25) is 5.95 Å². The van der Waals surface area contributed by atoms with Crippen molar-refractivity contribution in [1.82, 2.24) is 9.97 Å². The first-order valence-corrected chi connectivity index (χ1v) is 7.49. The Morgan fingerprint density at radius 2 is 1.77 bits per heavy atom. The minimum Gasteiger partial charge on any atom is -0.467 e. The lowest BCUT2D eigenvalue weighted by molar-refractivity contribution is -0.137. The van der Waals surface area contributed by atoms with Gasteiger partial charge in [-0.2, -0.15) is 13.2 Å². The number of nitrogens with one attached hydrogen (secondary N) is 2. The molecule has 0 atom stereocenters. The third-order valence-electron chi connectivity index (χ3n) is 3.38. The molecule has 1 amide bonds. The van der Waals surface area contributed by atoms with Crippen LogP contribution >= 0.6 is 0 Å². The predicted molar refractivity (Wildman–Crippen MR) is 87.5 cm³/mol. The van der Waals surface area contributed by atoms with Crippen LogP contribution in [0.5, 0.6) is 0 Å². The fraction of sp³-hybridized carbons (Fsp3) is 0.118. The number of anilines is 2. The minimum atomic E-state index is -4.42. The van der Waals surface area contributed by atoms with E-state index in [-0.39, 0.29) is 11.3 Å². The molecule has 26 heavy (non-hydrogen) atoms. The van der Waals surface area contributed by atoms with Gasteiger partial charge in [0, 0.05) is 18.1 Å². The zero-order valence-electron chi connectivity index (χ0n) is 13.2. The Kier molecular flexibility index (Phi) is 4.87. The Hall–Kier alpha value is -3.36. The molecule has 0 spiro atoms. The molecule has 0 bridgehead atoms. The number of halogens is 3. The highest BCUT2D eigenvalue weighted by Gasteiger charge is 2.30. The van der Waals surface area contributed by atoms with E-state index in [2.05, 4.69) is 20.6 Å². The van der Waals surface area contributed by atoms with Gasteiger partial charge in [0.05, 0.1) is 23.9 Å². The predicted octanol–water partition coefficient (Wildman–Crippen LogP) is 3.95. The Labute approximate surface area is 146 Å². The van der Waals surface area contributed by atoms with E-state index in [1.807, 2.05) is 0 Å². The van der Waals surface area contributed by atoms with Crippen LogP contribution < -0.4 is 10.6 Å². The summed E-state index contributed by atoms with van der Waals surface area (Å²) in [6, 6.07) is 7.70. The molecule has 6 nitrogen and oxygen atoms in total. The lowest BCUT2D eigenvalue weighted by Gasteiger charge is -2.09. The van der Waals surface area contributed by atoms with E-state index in [9.17, 15) is 18.0 Å². The number of hydrogen-bond donors (Lipinski definition) is 2. The van der Waals surface area contributed by atoms with Gasteiger partial charge in [-0.15, -0.1) is 0 Å². The number of nitrogens with zero attached hydrogens (tertiary/aromatic N) is 2. The molecule has 0 saturated carbocycles. The van der Waals surface area contributed by atoms with Crippen molar-refractivity contribution in [3.05, 3.63) is 71.9 Å². The summed E-state index contributed by atoms with van der Waals surface area (Å²) in [6.07, 6.45) is -0.241. The lowest BCUT2D eigenvalue weighted by Crippen LogP contribution is -2.14. The standard InChI is InChI=1S/C17H13F3N4O2/c18-17(19,20)12-3-5-13(6-4-12)24-15(25)11-8-21-16(22-9-11)23-10-14-2-1-7-26-14/h1-9H,10H2,(H,24,25)(H,21,22,23). The van der Waals surface area contributed by atoms with Gasteiger partial charge in [-0.05, 0) is 36.4 Å². The Bertz CT molecular complexity index is 861. The second kappa shape index (κ2) is 7.26. The van der Waals surface area contributed by atoms with E-state index in [0.717, 1.165) is 12.1 Å². The summed E-state index contributed by atoms with van der Waals surface area (Å²) in [6.45, 7) is 0.393. The topological polar surface area (TPSA) is 80.0 Å². The summed E-state index contributed by atoms with van der Waals surface area (Å²) in [7, 11) is 0. The highest BCUT2D eigenvalue weighted by Crippen LogP contribution is 2.29. The first-order valence-electron chi connectivity index (χ1n) is 7.49. The fourth-order valence-electron chi connectivity index (χ4n) is 2.06. The zero-order chi connectivity index (χ0) is 18.6. The van der Waals surface area contributed by atoms with Crippen LogP contribution in [0.1, 0.15) is 21.7 Å². The highest BCUT2D eigenvalue weighted by molar-refractivity contribution is 6.03. The molecule has 0 fully saturated rings. The number of amides is 1. The van der Waals surface area contributed by atoms with Crippen molar-refractivity contribution in [2.75, 3.05) is 10.6 Å². The average molecular weight is 362 g/mol. The molecule has 2 aromatic heterocycles. The minimum absolute atomic E-state index is 0.174. The van der Waals surface area contributed by atoms with Crippen LogP contribution in [0.2, 0.25) is 0 Å². The molecule has 0 unspecified atom stereocenters. The quantitative estimate of drug-likeness (QED) is 0.718. The average Bonchev–Trinajstić information content (AvgIpc) is 3.13. The van der Waals surface area contributed by atoms with Crippen molar-refractivity contribution in [3.63, 3.8) is 0 Å². The van der Waals surface area contributed by atoms with Gasteiger partial charge < -0.3 is 15.1 Å². The molecule has 2 N–H and O–H groups in total. The van der Waals surface area contributed by atoms with Crippen molar-refractivity contribution < 1.29 is 22.4 Å². The van der Waals surface area contributed by atoms with Crippen LogP contribution in [-0.4, -0.2) is 15.9 Å². The highest BCUT2D eigenvalue weighted by atomic mass is 19.4. The summed E-state index contributed by atoms with van der Waals surface area (Å²) in [4.78, 5) is 20.1. The molecular formula is C17H13F3N4O2. The molecule has 134 valence electrons. The largest absolute Gasteiger partial charge is 0.467 e. The van der Waals surface area contributed by atoms with Gasteiger partial charge in [0.1, 0.15) is 5.76 Å². The molecule has 0 aliphatic rings. The third kappa shape index (κ3) is 4.38. The van der Waals surface area contributed by atoms with Gasteiger partial charge in [-0.25, -0.2) is 9.97 Å². The van der Waals surface area contributed by atoms with Gasteiger partial charge >= 0.3 is 6.18 Å². The maximum atomic E-state index is 12.5. The van der Waals surface area contributed by atoms with Crippen LogP contribution in [0.4, 0.5) is 24.8 Å². The van der Waals surface area contributed by atoms with E-state index in [1.165, 1.54) is 24.5 Å². The molecule has 9 heteroatoms. The van der Waals surface area contributed by atoms with Crippen molar-refractivity contribution in [2.45, 2.75) is 12.7 Å². The van der Waals surface area contributed by atoms with E-state index in [0.29, 0.717) is 18.3 Å². The Morgan fingerprint density at radius 3 is 2.35 bits per heavy atom. The normalized spacial score (nSPS) is 11.2. The van der Waals surface area contributed by atoms with Crippen molar-refractivity contribution in [3.8, 4) is 0 Å². The van der Waals surface area contributed by atoms with Crippen LogP contribution in [0.3, 0.4) is 0 Å². The maximum Gasteiger partial charge on any atom is 0.416 e. The third-order valence-corrected chi connectivity index (χ3v) is 3.38. The van der Waals surface area contributed by atoms with E-state index in [4.69, 9.17) is 4.42 Å². The van der Waals surface area contributed by atoms with Crippen molar-refractivity contribution in [2.24, 2.45) is 0 Å². The summed E-state index contributed by atoms with van der Waals surface area (Å²) in [5.74, 6) is 0.493. The van der Waals surface area contributed by atoms with Crippen molar-refractivity contribution >= 4 is 17.5 Å². The SMILES string of the molecule is O=C(Nc1ccc(C(F)(F)F)cc1)c1cnc(NCc2ccco2)nc1. The van der Waals surface area contributed by atoms with E-state index in [1.54, 1.807) is 18.4 Å². The molecule has 1 aromatic carbocycles. The van der Waals surface area contributed by atoms with Crippen LogP contribution in [-0.2, 0) is 12.7 Å². The number of carbonyl (C=O) groups excluding carboxylic acids is 1. The van der Waals surface area contributed by atoms with Crippen LogP contribution in [0.15, 0.2) is 59.5 Å². The molecule has 3 aromatic rings. The van der Waals surface area contributed by atoms with E-state index < -0.39 is 17.6 Å². The summed E-state index contributed by atoms with van der Waals surface area (Å²) < 4.78 is 42.7. The number of furan rings is 1. The molecule has 0 radical (unpaired) electrons. The van der Waals surface area contributed by atoms with Gasteiger partial charge in [0.15, 0.2) is 0 Å². The van der Waals surface area contributed by atoms with Gasteiger partial charge in [-0.1, -0.05) is 0 Å². The Morgan fingerprint density at radius 1 is 1.08 bits per heavy atom. The van der Waals surface area contributed by atoms with Gasteiger partial charge in [0.25, 0.3) is 5.91 Å². The fourth-order valence-corrected chi connectivity index (χ4v) is 2.06. The lowest BCUT2D eigenvalue weighted by atomic mass is 10.2. The molecule has 0 aliphatic heterocycles. The van der Waals surface area contributed by atoms with Crippen molar-refractivity contribution in [1.29, 1.82) is 0 Å². The molecule has 2 heterocycles. The number of alkyl halides is 3. The second-order valence-electron chi connectivity index (χ2n) is 5.26. The molecule has 0 aliphatic carbocycles. The summed E-state index contributed by atoms with van der Waals surface area (Å²) in [5, 5.41) is 5.42. The maximum absolute atomic E-state index is 12.5. The number of aromatic nitrogens is 2. The van der Waals surface area contributed by atoms with Gasteiger partial charge in [-0.3, -0.25) is 4.79 Å².